The second-order valence-electron chi connectivity index (χ2n) is 5.94. The first-order valence-corrected chi connectivity index (χ1v) is 9.85. The van der Waals surface area contributed by atoms with Crippen LogP contribution in [0.2, 0.25) is 0 Å². The van der Waals surface area contributed by atoms with E-state index in [-0.39, 0.29) is 18.1 Å². The Labute approximate surface area is 172 Å². The minimum absolute atomic E-state index is 0.0688. The molecule has 144 valence electrons. The molecule has 9 heteroatoms. The van der Waals surface area contributed by atoms with Gasteiger partial charge in [-0.3, -0.25) is 19.1 Å². The van der Waals surface area contributed by atoms with Crippen LogP contribution in [0.15, 0.2) is 61.9 Å². The van der Waals surface area contributed by atoms with E-state index >= 15 is 0 Å². The number of nitrogens with two attached hydrogens (primary N) is 1. The third kappa shape index (κ3) is 4.32. The second-order valence-corrected chi connectivity index (χ2v) is 8.43. The fourth-order valence-corrected chi connectivity index (χ4v) is 3.94. The van der Waals surface area contributed by atoms with Gasteiger partial charge in [0.25, 0.3) is 11.5 Å². The zero-order chi connectivity index (χ0) is 20.3. The number of hydrogen-bond donors (Lipinski definition) is 2. The van der Waals surface area contributed by atoms with E-state index in [0.29, 0.717) is 0 Å². The van der Waals surface area contributed by atoms with Crippen LogP contribution in [0.3, 0.4) is 0 Å². The van der Waals surface area contributed by atoms with Gasteiger partial charge in [-0.15, -0.1) is 11.3 Å². The lowest BCUT2D eigenvalue weighted by molar-refractivity contribution is -0.113. The van der Waals surface area contributed by atoms with Crippen LogP contribution < -0.4 is 21.9 Å². The van der Waals surface area contributed by atoms with Crippen molar-refractivity contribution < 1.29 is 4.79 Å². The summed E-state index contributed by atoms with van der Waals surface area (Å²) in [6.45, 7) is 0.177. The maximum atomic E-state index is 12.5. The molecule has 3 N–H and O–H groups in total. The average molecular weight is 461 g/mol. The summed E-state index contributed by atoms with van der Waals surface area (Å²) < 4.78 is 2.18. The first-order chi connectivity index (χ1) is 13.4. The van der Waals surface area contributed by atoms with Crippen molar-refractivity contribution in [1.29, 1.82) is 0 Å². The van der Waals surface area contributed by atoms with E-state index in [9.17, 15) is 14.4 Å². The molecule has 0 aliphatic rings. The van der Waals surface area contributed by atoms with E-state index in [2.05, 4.69) is 20.9 Å². The van der Waals surface area contributed by atoms with E-state index in [1.165, 1.54) is 29.0 Å². The zero-order valence-electron chi connectivity index (χ0n) is 14.9. The number of nitrogen functional groups attached to an aromatic ring is 1. The molecule has 0 atom stereocenters. The highest BCUT2D eigenvalue weighted by molar-refractivity contribution is 9.11. The molecule has 0 saturated heterocycles. The normalized spacial score (nSPS) is 11.1. The van der Waals surface area contributed by atoms with E-state index in [4.69, 9.17) is 5.73 Å². The molecule has 1 aromatic carbocycles. The van der Waals surface area contributed by atoms with Crippen LogP contribution in [0.5, 0.6) is 0 Å². The number of nitrogens with zero attached hydrogens (tertiary/aromatic N) is 2. The van der Waals surface area contributed by atoms with Crippen molar-refractivity contribution in [3.8, 4) is 0 Å². The molecule has 0 aliphatic heterocycles. The Bertz CT molecular complexity index is 1150. The molecule has 7 nitrogen and oxygen atoms in total. The standard InChI is InChI=1S/C19H17BrN4O3S/c1-23(15(25)10-8-13-7-9-14(20)28-13)16-17(21)24(19(27)22-18(16)26)11-12-5-3-2-4-6-12/h2-10H,11,21H2,1H3,(H,22,26,27)/b10-8+. The topological polar surface area (TPSA) is 101 Å². The molecule has 2 heterocycles. The van der Waals surface area contributed by atoms with Crippen LogP contribution in [0.1, 0.15) is 10.4 Å². The molecular formula is C19H17BrN4O3S. The number of likely N-dealkylation sites (N-methyl/N-ethyl adjacent to an activating group) is 1. The van der Waals surface area contributed by atoms with Crippen molar-refractivity contribution in [3.05, 3.63) is 83.6 Å². The Hall–Kier alpha value is -2.91. The number of amides is 1. The predicted molar refractivity (Wildman–Crippen MR) is 116 cm³/mol. The fourth-order valence-electron chi connectivity index (χ4n) is 2.62. The third-order valence-corrected chi connectivity index (χ3v) is 5.64. The van der Waals surface area contributed by atoms with Crippen LogP contribution in [0, 0.1) is 0 Å². The number of carbonyl (C=O) groups excluding carboxylic acids is 1. The van der Waals surface area contributed by atoms with Crippen molar-refractivity contribution >= 4 is 50.8 Å². The van der Waals surface area contributed by atoms with Crippen LogP contribution in [-0.4, -0.2) is 22.5 Å². The number of rotatable bonds is 5. The number of halogens is 1. The second kappa shape index (κ2) is 8.41. The lowest BCUT2D eigenvalue weighted by Crippen LogP contribution is -2.39. The summed E-state index contributed by atoms with van der Waals surface area (Å²) in [7, 11) is 1.44. The molecule has 0 saturated carbocycles. The number of thiophene rings is 1. The summed E-state index contributed by atoms with van der Waals surface area (Å²) in [5, 5.41) is 0. The number of H-pyrrole nitrogens is 1. The molecule has 0 aliphatic carbocycles. The molecule has 0 unspecified atom stereocenters. The van der Waals surface area contributed by atoms with Gasteiger partial charge in [0.2, 0.25) is 0 Å². The van der Waals surface area contributed by atoms with Gasteiger partial charge in [0.15, 0.2) is 5.69 Å². The van der Waals surface area contributed by atoms with Crippen LogP contribution in [0.4, 0.5) is 11.5 Å². The molecule has 2 aromatic heterocycles. The van der Waals surface area contributed by atoms with E-state index in [1.807, 2.05) is 42.5 Å². The Morgan fingerprint density at radius 3 is 2.61 bits per heavy atom. The predicted octanol–water partition coefficient (Wildman–Crippen LogP) is 2.67. The van der Waals surface area contributed by atoms with Crippen LogP contribution in [-0.2, 0) is 11.3 Å². The van der Waals surface area contributed by atoms with Gasteiger partial charge in [-0.2, -0.15) is 0 Å². The highest BCUT2D eigenvalue weighted by Crippen LogP contribution is 2.23. The van der Waals surface area contributed by atoms with Gasteiger partial charge in [0, 0.05) is 18.0 Å². The van der Waals surface area contributed by atoms with Gasteiger partial charge in [0.1, 0.15) is 5.82 Å². The summed E-state index contributed by atoms with van der Waals surface area (Å²) >= 11 is 4.83. The number of nitrogens with one attached hydrogen (secondary N) is 1. The molecule has 3 aromatic rings. The van der Waals surface area contributed by atoms with Gasteiger partial charge in [-0.25, -0.2) is 4.79 Å². The molecule has 0 radical (unpaired) electrons. The quantitative estimate of drug-likeness (QED) is 0.571. The highest BCUT2D eigenvalue weighted by Gasteiger charge is 2.19. The minimum Gasteiger partial charge on any atom is -0.383 e. The largest absolute Gasteiger partial charge is 0.383 e. The van der Waals surface area contributed by atoms with Gasteiger partial charge in [0.05, 0.1) is 10.3 Å². The van der Waals surface area contributed by atoms with Crippen LogP contribution in [0.25, 0.3) is 6.08 Å². The third-order valence-electron chi connectivity index (χ3n) is 4.05. The van der Waals surface area contributed by atoms with E-state index in [1.54, 1.807) is 6.08 Å². The van der Waals surface area contributed by atoms with Crippen molar-refractivity contribution in [2.75, 3.05) is 17.7 Å². The lowest BCUT2D eigenvalue weighted by Gasteiger charge is -2.19. The molecule has 3 rings (SSSR count). The summed E-state index contributed by atoms with van der Waals surface area (Å²) in [6, 6.07) is 13.0. The maximum absolute atomic E-state index is 12.5. The Morgan fingerprint density at radius 2 is 1.96 bits per heavy atom. The van der Waals surface area contributed by atoms with Crippen molar-refractivity contribution in [2.45, 2.75) is 6.54 Å². The van der Waals surface area contributed by atoms with Crippen LogP contribution >= 0.6 is 27.3 Å². The highest BCUT2D eigenvalue weighted by atomic mass is 79.9. The molecule has 0 fully saturated rings. The van der Waals surface area contributed by atoms with Gasteiger partial charge >= 0.3 is 5.69 Å². The zero-order valence-corrected chi connectivity index (χ0v) is 17.3. The number of anilines is 2. The molecule has 0 spiro atoms. The Kier molecular flexibility index (Phi) is 5.96. The summed E-state index contributed by atoms with van der Waals surface area (Å²) in [5.74, 6) is -0.507. The first-order valence-electron chi connectivity index (χ1n) is 8.24. The van der Waals surface area contributed by atoms with Crippen molar-refractivity contribution in [2.24, 2.45) is 0 Å². The van der Waals surface area contributed by atoms with E-state index in [0.717, 1.165) is 19.1 Å². The van der Waals surface area contributed by atoms with Gasteiger partial charge < -0.3 is 10.6 Å². The molecular weight excluding hydrogens is 444 g/mol. The monoisotopic (exact) mass is 460 g/mol. The summed E-state index contributed by atoms with van der Waals surface area (Å²) in [4.78, 5) is 41.3. The van der Waals surface area contributed by atoms with Crippen molar-refractivity contribution in [1.82, 2.24) is 9.55 Å². The molecule has 28 heavy (non-hydrogen) atoms. The minimum atomic E-state index is -0.713. The number of benzene rings is 1. The summed E-state index contributed by atoms with van der Waals surface area (Å²) in [6.07, 6.45) is 3.00. The smallest absolute Gasteiger partial charge is 0.330 e. The Morgan fingerprint density at radius 1 is 1.25 bits per heavy atom. The van der Waals surface area contributed by atoms with E-state index < -0.39 is 17.2 Å². The summed E-state index contributed by atoms with van der Waals surface area (Å²) in [5.41, 5.74) is 5.53. The van der Waals surface area contributed by atoms with Crippen molar-refractivity contribution in [3.63, 3.8) is 0 Å². The van der Waals surface area contributed by atoms with Gasteiger partial charge in [-0.05, 0) is 39.7 Å². The average Bonchev–Trinajstić information content (AvgIpc) is 3.09. The SMILES string of the molecule is CN(C(=O)/C=C/c1ccc(Br)s1)c1c(N)n(Cc2ccccc2)c(=O)[nH]c1=O. The molecule has 1 amide bonds. The number of hydrogen-bond acceptors (Lipinski definition) is 5. The number of aromatic amines is 1. The molecule has 0 bridgehead atoms. The van der Waals surface area contributed by atoms with Gasteiger partial charge in [-0.1, -0.05) is 30.3 Å². The fraction of sp³-hybridized carbons (Fsp3) is 0.105. The lowest BCUT2D eigenvalue weighted by atomic mass is 10.2. The first kappa shape index (κ1) is 19.8. The maximum Gasteiger partial charge on any atom is 0.330 e. The Balaban J connectivity index is 1.93. The number of carbonyl (C=O) groups is 1. The number of aromatic nitrogens is 2.